The first-order chi connectivity index (χ1) is 10.1. The molecule has 3 nitrogen and oxygen atoms in total. The summed E-state index contributed by atoms with van der Waals surface area (Å²) in [5.74, 6) is -0.793. The summed E-state index contributed by atoms with van der Waals surface area (Å²) in [5, 5.41) is 2.41. The summed E-state index contributed by atoms with van der Waals surface area (Å²) in [6, 6.07) is 4.71. The number of carbonyl (C=O) groups is 1. The molecule has 1 atom stereocenters. The number of allylic oxidation sites excluding steroid dienone is 3. The highest BCUT2D eigenvalue weighted by Gasteiger charge is 2.55. The zero-order valence-electron chi connectivity index (χ0n) is 11.7. The maximum atomic E-state index is 13.9. The number of benzene rings is 1. The van der Waals surface area contributed by atoms with Crippen LogP contribution in [0.2, 0.25) is 0 Å². The number of alkyl halides is 4. The summed E-state index contributed by atoms with van der Waals surface area (Å²) in [4.78, 5) is 12.0. The normalized spacial score (nSPS) is 21.4. The van der Waals surface area contributed by atoms with E-state index in [-0.39, 0.29) is 5.57 Å². The molecule has 0 saturated heterocycles. The monoisotopic (exact) mass is 314 g/mol. The van der Waals surface area contributed by atoms with E-state index in [1.54, 1.807) is 19.1 Å². The molecule has 0 spiro atoms. The van der Waals surface area contributed by atoms with Gasteiger partial charge in [-0.15, -0.1) is 0 Å². The SMILES string of the molecule is Cc1ccc(NC(=O)C2=CC=CC(F)(C(F)(F)F)C2)cc1N. The van der Waals surface area contributed by atoms with Crippen molar-refractivity contribution in [3.05, 3.63) is 47.6 Å². The molecule has 0 aromatic heterocycles. The highest BCUT2D eigenvalue weighted by Crippen LogP contribution is 2.41. The molecule has 0 bridgehead atoms. The molecule has 1 aliphatic carbocycles. The van der Waals surface area contributed by atoms with Crippen LogP contribution in [0.5, 0.6) is 0 Å². The molecule has 1 unspecified atom stereocenters. The number of amides is 1. The third-order valence-electron chi connectivity index (χ3n) is 3.41. The van der Waals surface area contributed by atoms with Gasteiger partial charge in [0.25, 0.3) is 5.91 Å². The summed E-state index contributed by atoms with van der Waals surface area (Å²) >= 11 is 0. The van der Waals surface area contributed by atoms with Crippen molar-refractivity contribution < 1.29 is 22.4 Å². The number of halogens is 4. The third-order valence-corrected chi connectivity index (χ3v) is 3.41. The topological polar surface area (TPSA) is 55.1 Å². The number of nitrogens with one attached hydrogen (secondary N) is 1. The minimum atomic E-state index is -5.07. The molecule has 1 aliphatic rings. The molecule has 7 heteroatoms. The maximum absolute atomic E-state index is 13.9. The van der Waals surface area contributed by atoms with E-state index in [4.69, 9.17) is 5.73 Å². The van der Waals surface area contributed by atoms with E-state index in [9.17, 15) is 22.4 Å². The van der Waals surface area contributed by atoms with Crippen LogP contribution in [0.3, 0.4) is 0 Å². The van der Waals surface area contributed by atoms with Gasteiger partial charge >= 0.3 is 6.18 Å². The average Bonchev–Trinajstić information content (AvgIpc) is 2.42. The fourth-order valence-electron chi connectivity index (χ4n) is 1.99. The Morgan fingerprint density at radius 3 is 2.64 bits per heavy atom. The van der Waals surface area contributed by atoms with Crippen molar-refractivity contribution in [2.24, 2.45) is 0 Å². The Balaban J connectivity index is 2.15. The molecular formula is C15H14F4N2O. The molecule has 22 heavy (non-hydrogen) atoms. The smallest absolute Gasteiger partial charge is 0.398 e. The van der Waals surface area contributed by atoms with E-state index >= 15 is 0 Å². The minimum absolute atomic E-state index is 0.290. The van der Waals surface area contributed by atoms with Gasteiger partial charge in [-0.1, -0.05) is 18.2 Å². The highest BCUT2D eigenvalue weighted by molar-refractivity contribution is 6.04. The molecule has 3 N–H and O–H groups in total. The summed E-state index contributed by atoms with van der Waals surface area (Å²) in [6.45, 7) is 1.77. The molecule has 0 radical (unpaired) electrons. The Bertz CT molecular complexity index is 664. The Morgan fingerprint density at radius 2 is 2.05 bits per heavy atom. The van der Waals surface area contributed by atoms with Crippen molar-refractivity contribution in [2.45, 2.75) is 25.2 Å². The lowest BCUT2D eigenvalue weighted by atomic mass is 9.90. The number of nitrogen functional groups attached to an aromatic ring is 1. The predicted molar refractivity (Wildman–Crippen MR) is 76.0 cm³/mol. The molecule has 118 valence electrons. The van der Waals surface area contributed by atoms with Crippen molar-refractivity contribution in [1.29, 1.82) is 0 Å². The number of hydrogen-bond donors (Lipinski definition) is 2. The van der Waals surface area contributed by atoms with Crippen molar-refractivity contribution >= 4 is 17.3 Å². The Labute approximate surface area is 124 Å². The van der Waals surface area contributed by atoms with Crippen LogP contribution in [0.1, 0.15) is 12.0 Å². The van der Waals surface area contributed by atoms with E-state index < -0.39 is 24.2 Å². The molecule has 0 saturated carbocycles. The van der Waals surface area contributed by atoms with Crippen molar-refractivity contribution in [3.8, 4) is 0 Å². The zero-order valence-corrected chi connectivity index (χ0v) is 11.7. The molecule has 0 fully saturated rings. The number of carbonyl (C=O) groups excluding carboxylic acids is 1. The van der Waals surface area contributed by atoms with E-state index in [0.29, 0.717) is 17.5 Å². The van der Waals surface area contributed by atoms with Crippen molar-refractivity contribution in [1.82, 2.24) is 0 Å². The first-order valence-electron chi connectivity index (χ1n) is 6.44. The number of hydrogen-bond acceptors (Lipinski definition) is 2. The second kappa shape index (κ2) is 5.47. The van der Waals surface area contributed by atoms with Gasteiger partial charge in [0, 0.05) is 23.4 Å². The summed E-state index contributed by atoms with van der Waals surface area (Å²) in [6.07, 6.45) is -3.66. The van der Waals surface area contributed by atoms with Crippen LogP contribution in [0, 0.1) is 6.92 Å². The van der Waals surface area contributed by atoms with Crippen LogP contribution in [0.25, 0.3) is 0 Å². The quantitative estimate of drug-likeness (QED) is 0.646. The lowest BCUT2D eigenvalue weighted by Crippen LogP contribution is -2.41. The molecule has 1 aromatic carbocycles. The largest absolute Gasteiger partial charge is 0.426 e. The van der Waals surface area contributed by atoms with Crippen molar-refractivity contribution in [3.63, 3.8) is 0 Å². The van der Waals surface area contributed by atoms with Gasteiger partial charge in [-0.05, 0) is 30.7 Å². The van der Waals surface area contributed by atoms with Crippen LogP contribution in [0.4, 0.5) is 28.9 Å². The average molecular weight is 314 g/mol. The van der Waals surface area contributed by atoms with Gasteiger partial charge in [0.1, 0.15) is 0 Å². The summed E-state index contributed by atoms with van der Waals surface area (Å²) < 4.78 is 51.9. The molecule has 2 rings (SSSR count). The van der Waals surface area contributed by atoms with Gasteiger partial charge in [0.15, 0.2) is 0 Å². The lowest BCUT2D eigenvalue weighted by Gasteiger charge is -2.27. The van der Waals surface area contributed by atoms with E-state index in [2.05, 4.69) is 5.32 Å². The van der Waals surface area contributed by atoms with Crippen LogP contribution in [0.15, 0.2) is 42.0 Å². The number of nitrogens with two attached hydrogens (primary N) is 1. The minimum Gasteiger partial charge on any atom is -0.398 e. The molecule has 1 aromatic rings. The van der Waals surface area contributed by atoms with Crippen LogP contribution in [-0.2, 0) is 4.79 Å². The lowest BCUT2D eigenvalue weighted by molar-refractivity contribution is -0.211. The molecular weight excluding hydrogens is 300 g/mol. The Hall–Kier alpha value is -2.31. The van der Waals surface area contributed by atoms with E-state index in [1.807, 2.05) is 0 Å². The highest BCUT2D eigenvalue weighted by atomic mass is 19.4. The van der Waals surface area contributed by atoms with E-state index in [1.165, 1.54) is 6.07 Å². The second-order valence-corrected chi connectivity index (χ2v) is 5.11. The Morgan fingerprint density at radius 1 is 1.36 bits per heavy atom. The zero-order chi connectivity index (χ0) is 16.5. The van der Waals surface area contributed by atoms with Crippen LogP contribution < -0.4 is 11.1 Å². The molecule has 0 aliphatic heterocycles. The standard InChI is InChI=1S/C15H14F4N2O/c1-9-4-5-11(7-12(9)20)21-13(22)10-3-2-6-14(16,8-10)15(17,18)19/h2-7H,8,20H2,1H3,(H,21,22). The second-order valence-electron chi connectivity index (χ2n) is 5.11. The van der Waals surface area contributed by atoms with Gasteiger partial charge in [-0.3, -0.25) is 4.79 Å². The van der Waals surface area contributed by atoms with Crippen LogP contribution in [-0.4, -0.2) is 17.8 Å². The van der Waals surface area contributed by atoms with Gasteiger partial charge in [-0.25, -0.2) is 4.39 Å². The first kappa shape index (κ1) is 16.1. The number of aryl methyl sites for hydroxylation is 1. The van der Waals surface area contributed by atoms with Gasteiger partial charge in [0.05, 0.1) is 0 Å². The number of rotatable bonds is 2. The first-order valence-corrected chi connectivity index (χ1v) is 6.44. The van der Waals surface area contributed by atoms with Gasteiger partial charge < -0.3 is 11.1 Å². The maximum Gasteiger partial charge on any atom is 0.426 e. The third kappa shape index (κ3) is 3.13. The van der Waals surface area contributed by atoms with Gasteiger partial charge in [0.2, 0.25) is 5.67 Å². The number of anilines is 2. The van der Waals surface area contributed by atoms with Crippen molar-refractivity contribution in [2.75, 3.05) is 11.1 Å². The van der Waals surface area contributed by atoms with Gasteiger partial charge in [-0.2, -0.15) is 13.2 Å². The molecule has 0 heterocycles. The van der Waals surface area contributed by atoms with E-state index in [0.717, 1.165) is 17.7 Å². The fraction of sp³-hybridized carbons (Fsp3) is 0.267. The van der Waals surface area contributed by atoms with Crippen LogP contribution >= 0.6 is 0 Å². The Kier molecular flexibility index (Phi) is 4.00. The molecule has 1 amide bonds. The fourth-order valence-corrected chi connectivity index (χ4v) is 1.99. The predicted octanol–water partition coefficient (Wildman–Crippen LogP) is 3.67. The summed E-state index contributed by atoms with van der Waals surface area (Å²) in [7, 11) is 0. The summed E-state index contributed by atoms with van der Waals surface area (Å²) in [5.41, 5.74) is 3.44.